The van der Waals surface area contributed by atoms with Gasteiger partial charge in [-0.1, -0.05) is 6.42 Å². The van der Waals surface area contributed by atoms with Crippen molar-refractivity contribution in [3.8, 4) is 18.2 Å². The zero-order valence-corrected chi connectivity index (χ0v) is 12.8. The molecule has 1 fully saturated rings. The number of hydrogen-bond donors (Lipinski definition) is 0. The van der Waals surface area contributed by atoms with E-state index in [4.69, 9.17) is 10.5 Å². The first-order valence-electron chi connectivity index (χ1n) is 6.44. The van der Waals surface area contributed by atoms with E-state index in [1.807, 2.05) is 18.2 Å². The van der Waals surface area contributed by atoms with Crippen molar-refractivity contribution < 1.29 is 9.53 Å². The molecule has 0 radical (unpaired) electrons. The molecule has 0 spiro atoms. The third kappa shape index (κ3) is 3.66. The van der Waals surface area contributed by atoms with Gasteiger partial charge in [-0.15, -0.1) is 11.8 Å². The molecular formula is C15H15N3O2S. The number of nitriles is 3. The summed E-state index contributed by atoms with van der Waals surface area (Å²) in [6.07, 6.45) is 4.98. The summed E-state index contributed by atoms with van der Waals surface area (Å²) in [6, 6.07) is 5.73. The van der Waals surface area contributed by atoms with Crippen molar-refractivity contribution in [2.24, 2.45) is 5.92 Å². The molecule has 0 heterocycles. The van der Waals surface area contributed by atoms with Crippen molar-refractivity contribution in [3.05, 3.63) is 21.6 Å². The number of esters is 1. The number of carbonyl (C=O) groups is 1. The van der Waals surface area contributed by atoms with Gasteiger partial charge in [0.1, 0.15) is 29.4 Å². The van der Waals surface area contributed by atoms with Crippen molar-refractivity contribution >= 4 is 17.7 Å². The smallest absolute Gasteiger partial charge is 0.349 e. The molecule has 21 heavy (non-hydrogen) atoms. The molecular weight excluding hydrogens is 286 g/mol. The number of carbonyl (C=O) groups excluding carboxylic acids is 1. The van der Waals surface area contributed by atoms with Crippen LogP contribution < -0.4 is 0 Å². The van der Waals surface area contributed by atoms with Crippen molar-refractivity contribution in [3.63, 3.8) is 0 Å². The van der Waals surface area contributed by atoms with E-state index in [-0.39, 0.29) is 17.1 Å². The molecule has 0 N–H and O–H groups in total. The van der Waals surface area contributed by atoms with E-state index in [2.05, 4.69) is 4.74 Å². The van der Waals surface area contributed by atoms with Gasteiger partial charge in [0.15, 0.2) is 0 Å². The fourth-order valence-electron chi connectivity index (χ4n) is 2.49. The Kier molecular flexibility index (Phi) is 6.53. The topological polar surface area (TPSA) is 97.7 Å². The normalized spacial score (nSPS) is 18.6. The Balaban J connectivity index is 3.45. The van der Waals surface area contributed by atoms with Crippen molar-refractivity contribution in [1.29, 1.82) is 15.8 Å². The highest BCUT2D eigenvalue weighted by Gasteiger charge is 2.29. The molecule has 1 rings (SSSR count). The molecule has 1 atom stereocenters. The van der Waals surface area contributed by atoms with Crippen molar-refractivity contribution in [2.45, 2.75) is 25.7 Å². The molecule has 108 valence electrons. The van der Waals surface area contributed by atoms with Gasteiger partial charge in [-0.2, -0.15) is 15.8 Å². The Morgan fingerprint density at radius 3 is 2.38 bits per heavy atom. The Hall–Kier alpha value is -2.23. The van der Waals surface area contributed by atoms with E-state index in [9.17, 15) is 10.1 Å². The second kappa shape index (κ2) is 8.15. The van der Waals surface area contributed by atoms with Crippen LogP contribution in [-0.4, -0.2) is 19.3 Å². The average Bonchev–Trinajstić information content (AvgIpc) is 2.53. The highest BCUT2D eigenvalue weighted by Crippen LogP contribution is 2.41. The average molecular weight is 301 g/mol. The standard InChI is InChI=1S/C15H15N3O2S/c1-20-15(19)13(9-18)14(21-2)12-6-4-3-5-11(12)10(7-16)8-17/h12H,3-6H2,1-2H3/b14-13+. The number of ether oxygens (including phenoxy) is 1. The number of methoxy groups -OCH3 is 1. The zero-order valence-electron chi connectivity index (χ0n) is 12.0. The van der Waals surface area contributed by atoms with E-state index < -0.39 is 5.97 Å². The quantitative estimate of drug-likeness (QED) is 0.451. The highest BCUT2D eigenvalue weighted by molar-refractivity contribution is 8.02. The van der Waals surface area contributed by atoms with E-state index in [1.54, 1.807) is 6.26 Å². The summed E-state index contributed by atoms with van der Waals surface area (Å²) >= 11 is 1.30. The van der Waals surface area contributed by atoms with E-state index >= 15 is 0 Å². The first kappa shape index (κ1) is 16.8. The predicted molar refractivity (Wildman–Crippen MR) is 78.4 cm³/mol. The van der Waals surface area contributed by atoms with E-state index in [0.29, 0.717) is 11.3 Å². The van der Waals surface area contributed by atoms with Crippen LogP contribution in [0.3, 0.4) is 0 Å². The van der Waals surface area contributed by atoms with Gasteiger partial charge < -0.3 is 4.74 Å². The fourth-order valence-corrected chi connectivity index (χ4v) is 3.37. The Morgan fingerprint density at radius 1 is 1.24 bits per heavy atom. The maximum atomic E-state index is 11.7. The molecule has 1 aliphatic rings. The van der Waals surface area contributed by atoms with Gasteiger partial charge in [-0.05, 0) is 31.1 Å². The van der Waals surface area contributed by atoms with Crippen LogP contribution in [0.25, 0.3) is 0 Å². The Bertz CT molecular complexity index is 598. The van der Waals surface area contributed by atoms with Crippen LogP contribution in [0.4, 0.5) is 0 Å². The van der Waals surface area contributed by atoms with Crippen LogP contribution in [0.1, 0.15) is 25.7 Å². The number of thioether (sulfide) groups is 1. The van der Waals surface area contributed by atoms with Crippen LogP contribution in [-0.2, 0) is 9.53 Å². The van der Waals surface area contributed by atoms with Crippen LogP contribution in [0.5, 0.6) is 0 Å². The number of allylic oxidation sites excluding steroid dienone is 3. The van der Waals surface area contributed by atoms with Gasteiger partial charge in [0.05, 0.1) is 7.11 Å². The molecule has 0 aromatic rings. The third-order valence-electron chi connectivity index (χ3n) is 3.44. The van der Waals surface area contributed by atoms with E-state index in [0.717, 1.165) is 24.8 Å². The lowest BCUT2D eigenvalue weighted by Gasteiger charge is -2.27. The second-order valence-electron chi connectivity index (χ2n) is 4.47. The second-order valence-corrected chi connectivity index (χ2v) is 5.32. The summed E-state index contributed by atoms with van der Waals surface area (Å²) in [6.45, 7) is 0. The fraction of sp³-hybridized carbons (Fsp3) is 0.467. The van der Waals surface area contributed by atoms with Crippen molar-refractivity contribution in [2.75, 3.05) is 13.4 Å². The van der Waals surface area contributed by atoms with Crippen LogP contribution in [0.15, 0.2) is 21.6 Å². The minimum absolute atomic E-state index is 0.0374. The maximum Gasteiger partial charge on any atom is 0.349 e. The minimum atomic E-state index is -0.678. The highest BCUT2D eigenvalue weighted by atomic mass is 32.2. The van der Waals surface area contributed by atoms with Crippen LogP contribution in [0.2, 0.25) is 0 Å². The number of hydrogen-bond acceptors (Lipinski definition) is 6. The summed E-state index contributed by atoms with van der Waals surface area (Å²) in [5.41, 5.74) is 0.783. The number of rotatable bonds is 3. The predicted octanol–water partition coefficient (Wildman–Crippen LogP) is 2.83. The van der Waals surface area contributed by atoms with Gasteiger partial charge >= 0.3 is 5.97 Å². The third-order valence-corrected chi connectivity index (χ3v) is 4.37. The summed E-state index contributed by atoms with van der Waals surface area (Å²) in [5, 5.41) is 27.4. The van der Waals surface area contributed by atoms with Crippen LogP contribution >= 0.6 is 11.8 Å². The van der Waals surface area contributed by atoms with Crippen molar-refractivity contribution in [1.82, 2.24) is 0 Å². The number of nitrogens with zero attached hydrogens (tertiary/aromatic N) is 3. The van der Waals surface area contributed by atoms with Gasteiger partial charge in [-0.3, -0.25) is 0 Å². The zero-order chi connectivity index (χ0) is 15.8. The molecule has 0 aromatic carbocycles. The molecule has 0 saturated heterocycles. The van der Waals surface area contributed by atoms with Gasteiger partial charge in [0, 0.05) is 10.8 Å². The van der Waals surface area contributed by atoms with Gasteiger partial charge in [-0.25, -0.2) is 4.79 Å². The van der Waals surface area contributed by atoms with Gasteiger partial charge in [0.2, 0.25) is 0 Å². The molecule has 6 heteroatoms. The Morgan fingerprint density at radius 2 is 1.90 bits per heavy atom. The summed E-state index contributed by atoms with van der Waals surface area (Å²) in [4.78, 5) is 12.3. The monoisotopic (exact) mass is 301 g/mol. The molecule has 0 aromatic heterocycles. The lowest BCUT2D eigenvalue weighted by Crippen LogP contribution is -2.17. The summed E-state index contributed by atoms with van der Waals surface area (Å²) < 4.78 is 4.65. The first-order chi connectivity index (χ1) is 10.1. The Labute approximate surface area is 128 Å². The molecule has 0 amide bonds. The molecule has 0 bridgehead atoms. The lowest BCUT2D eigenvalue weighted by atomic mass is 9.80. The largest absolute Gasteiger partial charge is 0.465 e. The summed E-state index contributed by atoms with van der Waals surface area (Å²) in [5.74, 6) is -0.904. The lowest BCUT2D eigenvalue weighted by molar-refractivity contribution is -0.135. The first-order valence-corrected chi connectivity index (χ1v) is 7.66. The summed E-state index contributed by atoms with van der Waals surface area (Å²) in [7, 11) is 1.23. The maximum absolute atomic E-state index is 11.7. The van der Waals surface area contributed by atoms with E-state index in [1.165, 1.54) is 18.9 Å². The molecule has 5 nitrogen and oxygen atoms in total. The van der Waals surface area contributed by atoms with Gasteiger partial charge in [0.25, 0.3) is 0 Å². The SMILES string of the molecule is COC(=O)/C(C#N)=C(/SC)C1CCCCC1=C(C#N)C#N. The minimum Gasteiger partial charge on any atom is -0.465 e. The molecule has 1 aliphatic carbocycles. The molecule has 1 unspecified atom stereocenters. The molecule has 0 aliphatic heterocycles. The molecule has 1 saturated carbocycles. The van der Waals surface area contributed by atoms with Crippen LogP contribution in [0, 0.1) is 39.9 Å².